The Hall–Kier alpha value is -4.99. The topological polar surface area (TPSA) is 138 Å². The number of nitrogens with one attached hydrogen (secondary N) is 3. The number of anilines is 1. The van der Waals surface area contributed by atoms with Crippen LogP contribution in [0, 0.1) is 0 Å². The minimum absolute atomic E-state index is 0.0171. The third-order valence-electron chi connectivity index (χ3n) is 6.09. The molecule has 0 spiro atoms. The van der Waals surface area contributed by atoms with Gasteiger partial charge in [0.05, 0.1) is 28.5 Å². The summed E-state index contributed by atoms with van der Waals surface area (Å²) in [5.41, 5.74) is 6.84. The van der Waals surface area contributed by atoms with Crippen molar-refractivity contribution in [2.45, 2.75) is 26.2 Å². The molecule has 1 amide bonds. The summed E-state index contributed by atoms with van der Waals surface area (Å²) in [6, 6.07) is 9.60. The molecule has 0 saturated heterocycles. The van der Waals surface area contributed by atoms with Crippen molar-refractivity contribution in [1.29, 1.82) is 0 Å². The number of pyridine rings is 4. The van der Waals surface area contributed by atoms with Crippen molar-refractivity contribution in [2.24, 2.45) is 0 Å². The average molecular weight is 490 g/mol. The second kappa shape index (κ2) is 9.57. The van der Waals surface area contributed by atoms with E-state index in [1.165, 1.54) is 0 Å². The fourth-order valence-electron chi connectivity index (χ4n) is 4.23. The van der Waals surface area contributed by atoms with Gasteiger partial charge in [-0.05, 0) is 36.8 Å². The summed E-state index contributed by atoms with van der Waals surface area (Å²) in [5.74, 6) is 0.588. The van der Waals surface area contributed by atoms with Crippen LogP contribution in [0.3, 0.4) is 0 Å². The molecule has 37 heavy (non-hydrogen) atoms. The Morgan fingerprint density at radius 2 is 1.84 bits per heavy atom. The predicted molar refractivity (Wildman–Crippen MR) is 141 cm³/mol. The summed E-state index contributed by atoms with van der Waals surface area (Å²) in [4.78, 5) is 38.0. The van der Waals surface area contributed by atoms with Crippen molar-refractivity contribution in [2.75, 3.05) is 5.32 Å². The van der Waals surface area contributed by atoms with Gasteiger partial charge < -0.3 is 10.3 Å². The Bertz CT molecular complexity index is 1720. The Balaban J connectivity index is 1.37. The molecule has 10 nitrogen and oxygen atoms in total. The van der Waals surface area contributed by atoms with Gasteiger partial charge in [-0.3, -0.25) is 24.8 Å². The number of hydrogen-bond donors (Lipinski definition) is 3. The van der Waals surface area contributed by atoms with Crippen LogP contribution in [0.1, 0.15) is 26.2 Å². The lowest BCUT2D eigenvalue weighted by Gasteiger charge is -2.07. The third-order valence-corrected chi connectivity index (χ3v) is 6.09. The van der Waals surface area contributed by atoms with Crippen LogP contribution in [0.2, 0.25) is 0 Å². The number of fused-ring (bicyclic) bond motifs is 2. The van der Waals surface area contributed by atoms with Gasteiger partial charge in [-0.2, -0.15) is 5.10 Å². The Morgan fingerprint density at radius 1 is 0.946 bits per heavy atom. The van der Waals surface area contributed by atoms with E-state index in [2.05, 4.69) is 47.4 Å². The van der Waals surface area contributed by atoms with Gasteiger partial charge in [0.2, 0.25) is 5.91 Å². The lowest BCUT2D eigenvalue weighted by Crippen LogP contribution is -2.11. The van der Waals surface area contributed by atoms with E-state index in [0.29, 0.717) is 29.3 Å². The van der Waals surface area contributed by atoms with Crippen molar-refractivity contribution in [3.8, 4) is 33.9 Å². The van der Waals surface area contributed by atoms with Crippen molar-refractivity contribution in [3.63, 3.8) is 0 Å². The van der Waals surface area contributed by atoms with E-state index in [9.17, 15) is 4.79 Å². The first-order chi connectivity index (χ1) is 18.2. The number of imidazole rings is 1. The lowest BCUT2D eigenvalue weighted by atomic mass is 10.1. The molecule has 6 heterocycles. The summed E-state index contributed by atoms with van der Waals surface area (Å²) in [5, 5.41) is 11.2. The van der Waals surface area contributed by atoms with E-state index < -0.39 is 0 Å². The molecule has 182 valence electrons. The standard InChI is InChI=1S/C27H23N9O/c1-2-3-6-22(37)32-19-10-17(13-29-15-19)18-11-20-24(35-36-26(20)31-14-18)27-33-21-7-9-30-23(25(21)34-27)16-5-4-8-28-12-16/h4-5,7-15H,2-3,6H2,1H3,(H,32,37)(H,33,34)(H,31,35,36). The molecule has 0 aromatic carbocycles. The molecule has 0 bridgehead atoms. The molecule has 0 aliphatic carbocycles. The number of H-pyrrole nitrogens is 2. The van der Waals surface area contributed by atoms with Crippen LogP contribution < -0.4 is 5.32 Å². The minimum Gasteiger partial charge on any atom is -0.336 e. The molecule has 10 heteroatoms. The van der Waals surface area contributed by atoms with Gasteiger partial charge >= 0.3 is 0 Å². The first-order valence-corrected chi connectivity index (χ1v) is 12.0. The smallest absolute Gasteiger partial charge is 0.224 e. The van der Waals surface area contributed by atoms with E-state index in [1.807, 2.05) is 30.3 Å². The van der Waals surface area contributed by atoms with E-state index in [0.717, 1.165) is 51.6 Å². The van der Waals surface area contributed by atoms with Gasteiger partial charge in [0, 0.05) is 54.1 Å². The molecule has 6 aromatic rings. The molecule has 0 saturated carbocycles. The molecule has 6 aromatic heterocycles. The van der Waals surface area contributed by atoms with Crippen LogP contribution in [0.15, 0.2) is 67.5 Å². The van der Waals surface area contributed by atoms with Crippen molar-refractivity contribution in [3.05, 3.63) is 67.5 Å². The van der Waals surface area contributed by atoms with Crippen LogP contribution in [-0.4, -0.2) is 46.0 Å². The highest BCUT2D eigenvalue weighted by molar-refractivity contribution is 5.96. The van der Waals surface area contributed by atoms with Crippen LogP contribution >= 0.6 is 0 Å². The molecular weight excluding hydrogens is 466 g/mol. The third kappa shape index (κ3) is 4.40. The summed E-state index contributed by atoms with van der Waals surface area (Å²) in [6.07, 6.45) is 12.7. The molecule has 0 aliphatic heterocycles. The lowest BCUT2D eigenvalue weighted by molar-refractivity contribution is -0.116. The molecule has 0 aliphatic rings. The van der Waals surface area contributed by atoms with Crippen molar-refractivity contribution < 1.29 is 4.79 Å². The number of unbranched alkanes of at least 4 members (excludes halogenated alkanes) is 1. The maximum Gasteiger partial charge on any atom is 0.224 e. The van der Waals surface area contributed by atoms with E-state index in [1.54, 1.807) is 37.2 Å². The van der Waals surface area contributed by atoms with Crippen molar-refractivity contribution in [1.82, 2.24) is 40.1 Å². The fourth-order valence-corrected chi connectivity index (χ4v) is 4.23. The first-order valence-electron chi connectivity index (χ1n) is 12.0. The monoisotopic (exact) mass is 489 g/mol. The summed E-state index contributed by atoms with van der Waals surface area (Å²) < 4.78 is 0. The van der Waals surface area contributed by atoms with Gasteiger partial charge in [0.15, 0.2) is 11.5 Å². The van der Waals surface area contributed by atoms with Crippen LogP contribution in [0.4, 0.5) is 5.69 Å². The van der Waals surface area contributed by atoms with Crippen LogP contribution in [-0.2, 0) is 4.79 Å². The van der Waals surface area contributed by atoms with Gasteiger partial charge in [-0.1, -0.05) is 13.3 Å². The van der Waals surface area contributed by atoms with E-state index in [4.69, 9.17) is 4.98 Å². The highest BCUT2D eigenvalue weighted by atomic mass is 16.1. The quantitative estimate of drug-likeness (QED) is 0.282. The number of hydrogen-bond acceptors (Lipinski definition) is 7. The van der Waals surface area contributed by atoms with Gasteiger partial charge in [-0.25, -0.2) is 9.97 Å². The highest BCUT2D eigenvalue weighted by Gasteiger charge is 2.17. The van der Waals surface area contributed by atoms with Crippen molar-refractivity contribution >= 4 is 33.7 Å². The SMILES string of the molecule is CCCCC(=O)Nc1cncc(-c2cnc3[nH]nc(-c4nc5c(-c6cccnc6)nccc5[nH]4)c3c2)c1. The number of carbonyl (C=O) groups excluding carboxylic acids is 1. The summed E-state index contributed by atoms with van der Waals surface area (Å²) in [7, 11) is 0. The number of aromatic nitrogens is 8. The maximum atomic E-state index is 12.2. The van der Waals surface area contributed by atoms with E-state index >= 15 is 0 Å². The highest BCUT2D eigenvalue weighted by Crippen LogP contribution is 2.31. The van der Waals surface area contributed by atoms with Gasteiger partial charge in [-0.15, -0.1) is 0 Å². The normalized spacial score (nSPS) is 11.3. The molecule has 0 atom stereocenters. The zero-order chi connectivity index (χ0) is 25.2. The Kier molecular flexibility index (Phi) is 5.81. The maximum absolute atomic E-state index is 12.2. The van der Waals surface area contributed by atoms with Crippen LogP contribution in [0.25, 0.3) is 56.0 Å². The summed E-state index contributed by atoms with van der Waals surface area (Å²) >= 11 is 0. The Labute approximate surface area is 211 Å². The van der Waals surface area contributed by atoms with Gasteiger partial charge in [0.25, 0.3) is 0 Å². The molecular formula is C27H23N9O. The number of amides is 1. The second-order valence-corrected chi connectivity index (χ2v) is 8.69. The molecule has 0 fully saturated rings. The van der Waals surface area contributed by atoms with Crippen LogP contribution in [0.5, 0.6) is 0 Å². The molecule has 3 N–H and O–H groups in total. The second-order valence-electron chi connectivity index (χ2n) is 8.69. The molecule has 0 unspecified atom stereocenters. The average Bonchev–Trinajstić information content (AvgIpc) is 3.56. The minimum atomic E-state index is -0.0171. The number of aromatic amines is 2. The largest absolute Gasteiger partial charge is 0.336 e. The fraction of sp³-hybridized carbons (Fsp3) is 0.148. The zero-order valence-electron chi connectivity index (χ0n) is 20.1. The zero-order valence-corrected chi connectivity index (χ0v) is 20.1. The van der Waals surface area contributed by atoms with E-state index in [-0.39, 0.29) is 5.91 Å². The number of rotatable bonds is 7. The molecule has 6 rings (SSSR count). The number of carbonyl (C=O) groups is 1. The summed E-state index contributed by atoms with van der Waals surface area (Å²) in [6.45, 7) is 2.06. The predicted octanol–water partition coefficient (Wildman–Crippen LogP) is 5.15. The Morgan fingerprint density at radius 3 is 2.70 bits per heavy atom. The molecule has 0 radical (unpaired) electrons. The number of nitrogens with zero attached hydrogens (tertiary/aromatic N) is 6. The van der Waals surface area contributed by atoms with Gasteiger partial charge in [0.1, 0.15) is 11.2 Å². The first kappa shape index (κ1) is 22.5.